The van der Waals surface area contributed by atoms with Crippen molar-refractivity contribution in [3.63, 3.8) is 0 Å². The molecule has 134 valence electrons. The van der Waals surface area contributed by atoms with Crippen LogP contribution in [0.5, 0.6) is 0 Å². The number of hydrogen-bond donors (Lipinski definition) is 2. The quantitative estimate of drug-likeness (QED) is 0.727. The van der Waals surface area contributed by atoms with Crippen LogP contribution < -0.4 is 10.9 Å². The predicted octanol–water partition coefficient (Wildman–Crippen LogP) is 3.93. The monoisotopic (exact) mass is 371 g/mol. The van der Waals surface area contributed by atoms with E-state index in [-0.39, 0.29) is 5.56 Å². The molecule has 0 aliphatic rings. The number of fused-ring (bicyclic) bond motifs is 1. The first kappa shape index (κ1) is 17.9. The van der Waals surface area contributed by atoms with Gasteiger partial charge in [-0.25, -0.2) is 9.78 Å². The Morgan fingerprint density at radius 1 is 1.31 bits per heavy atom. The van der Waals surface area contributed by atoms with E-state index >= 15 is 0 Å². The maximum absolute atomic E-state index is 13.2. The molecule has 0 spiro atoms. The number of halogens is 1. The molecule has 0 saturated carbocycles. The van der Waals surface area contributed by atoms with Gasteiger partial charge in [-0.2, -0.15) is 0 Å². The van der Waals surface area contributed by atoms with Crippen LogP contribution in [0.4, 0.5) is 4.79 Å². The normalized spacial score (nSPS) is 12.1. The maximum atomic E-state index is 13.2. The van der Waals surface area contributed by atoms with Crippen LogP contribution in [0, 0.1) is 0 Å². The number of carboxylic acid groups (broad SMARTS) is 1. The van der Waals surface area contributed by atoms with E-state index in [2.05, 4.69) is 10.3 Å². The largest absolute Gasteiger partial charge is 0.465 e. The van der Waals surface area contributed by atoms with Gasteiger partial charge in [-0.1, -0.05) is 36.7 Å². The molecule has 1 unspecified atom stereocenters. The highest BCUT2D eigenvalue weighted by atomic mass is 35.5. The molecule has 1 aromatic heterocycles. The molecule has 26 heavy (non-hydrogen) atoms. The van der Waals surface area contributed by atoms with E-state index in [0.717, 1.165) is 12.0 Å². The lowest BCUT2D eigenvalue weighted by Gasteiger charge is -2.19. The van der Waals surface area contributed by atoms with Crippen molar-refractivity contribution < 1.29 is 9.90 Å². The van der Waals surface area contributed by atoms with E-state index in [0.29, 0.717) is 27.4 Å². The lowest BCUT2D eigenvalue weighted by molar-refractivity contribution is 0.190. The van der Waals surface area contributed by atoms with Crippen molar-refractivity contribution >= 4 is 28.6 Å². The van der Waals surface area contributed by atoms with Crippen molar-refractivity contribution in [2.45, 2.75) is 26.3 Å². The van der Waals surface area contributed by atoms with E-state index in [1.54, 1.807) is 31.2 Å². The Labute approximate surface area is 155 Å². The number of carbonyl (C=O) groups is 1. The van der Waals surface area contributed by atoms with Crippen LogP contribution in [0.15, 0.2) is 47.3 Å². The minimum atomic E-state index is -1.19. The zero-order chi connectivity index (χ0) is 18.8. The summed E-state index contributed by atoms with van der Waals surface area (Å²) >= 11 is 6.23. The van der Waals surface area contributed by atoms with Crippen molar-refractivity contribution in [1.82, 2.24) is 14.9 Å². The molecule has 6 nitrogen and oxygen atoms in total. The summed E-state index contributed by atoms with van der Waals surface area (Å²) in [6.07, 6.45) is -0.380. The van der Waals surface area contributed by atoms with Gasteiger partial charge in [-0.15, -0.1) is 0 Å². The van der Waals surface area contributed by atoms with Crippen LogP contribution in [-0.4, -0.2) is 20.8 Å². The number of nitrogens with zero attached hydrogens (tertiary/aromatic N) is 2. The Hall–Kier alpha value is -2.86. The van der Waals surface area contributed by atoms with Crippen LogP contribution in [0.1, 0.15) is 31.3 Å². The molecule has 0 saturated heterocycles. The van der Waals surface area contributed by atoms with Gasteiger partial charge in [-0.05, 0) is 43.2 Å². The Bertz CT molecular complexity index is 1050. The first-order valence-electron chi connectivity index (χ1n) is 8.22. The highest BCUT2D eigenvalue weighted by molar-refractivity contribution is 6.35. The third-order valence-corrected chi connectivity index (χ3v) is 4.49. The molecular weight excluding hydrogens is 354 g/mol. The molecule has 0 aliphatic heterocycles. The third kappa shape index (κ3) is 3.28. The molecule has 1 amide bonds. The van der Waals surface area contributed by atoms with Crippen LogP contribution >= 0.6 is 11.6 Å². The van der Waals surface area contributed by atoms with E-state index in [1.807, 2.05) is 25.1 Å². The summed E-state index contributed by atoms with van der Waals surface area (Å²) in [5, 5.41) is 12.1. The molecule has 3 aromatic rings. The van der Waals surface area contributed by atoms with E-state index < -0.39 is 12.1 Å². The fourth-order valence-corrected chi connectivity index (χ4v) is 3.16. The summed E-state index contributed by atoms with van der Waals surface area (Å²) in [7, 11) is 0. The predicted molar refractivity (Wildman–Crippen MR) is 101 cm³/mol. The lowest BCUT2D eigenvalue weighted by atomic mass is 10.1. The fraction of sp³-hybridized carbons (Fsp3) is 0.211. The van der Waals surface area contributed by atoms with Crippen LogP contribution in [-0.2, 0) is 6.42 Å². The molecular formula is C19H18ClN3O3. The van der Waals surface area contributed by atoms with Gasteiger partial charge < -0.3 is 10.4 Å². The molecule has 3 rings (SSSR count). The number of benzene rings is 2. The average Bonchev–Trinajstić information content (AvgIpc) is 2.60. The van der Waals surface area contributed by atoms with Crippen LogP contribution in [0.2, 0.25) is 5.02 Å². The molecule has 0 radical (unpaired) electrons. The Kier molecular flexibility index (Phi) is 4.95. The van der Waals surface area contributed by atoms with E-state index in [9.17, 15) is 9.59 Å². The zero-order valence-electron chi connectivity index (χ0n) is 14.4. The van der Waals surface area contributed by atoms with Gasteiger partial charge in [0.1, 0.15) is 5.82 Å². The second kappa shape index (κ2) is 7.17. The Morgan fingerprint density at radius 2 is 2.04 bits per heavy atom. The van der Waals surface area contributed by atoms with Gasteiger partial charge in [-0.3, -0.25) is 9.36 Å². The molecule has 7 heteroatoms. The first-order valence-corrected chi connectivity index (χ1v) is 8.60. The summed E-state index contributed by atoms with van der Waals surface area (Å²) in [5.74, 6) is 0.306. The summed E-state index contributed by atoms with van der Waals surface area (Å²) in [6, 6.07) is 11.9. The van der Waals surface area contributed by atoms with Crippen molar-refractivity contribution in [2.75, 3.05) is 0 Å². The SMILES string of the molecule is CCc1cccc(-n2c(C(C)NC(=O)O)nc3cccc(Cl)c3c2=O)c1. The van der Waals surface area contributed by atoms with Crippen molar-refractivity contribution in [3.05, 3.63) is 69.2 Å². The van der Waals surface area contributed by atoms with Crippen molar-refractivity contribution in [2.24, 2.45) is 0 Å². The lowest BCUT2D eigenvalue weighted by Crippen LogP contribution is -2.32. The smallest absolute Gasteiger partial charge is 0.405 e. The van der Waals surface area contributed by atoms with Crippen molar-refractivity contribution in [1.29, 1.82) is 0 Å². The molecule has 1 atom stereocenters. The topological polar surface area (TPSA) is 84.2 Å². The number of nitrogens with one attached hydrogen (secondary N) is 1. The Morgan fingerprint density at radius 3 is 2.73 bits per heavy atom. The van der Waals surface area contributed by atoms with Crippen LogP contribution in [0.3, 0.4) is 0 Å². The number of hydrogen-bond acceptors (Lipinski definition) is 3. The molecule has 1 heterocycles. The first-order chi connectivity index (χ1) is 12.4. The van der Waals surface area contributed by atoms with Crippen molar-refractivity contribution in [3.8, 4) is 5.69 Å². The van der Waals surface area contributed by atoms with Gasteiger partial charge in [0.15, 0.2) is 0 Å². The average molecular weight is 372 g/mol. The second-order valence-corrected chi connectivity index (χ2v) is 6.35. The second-order valence-electron chi connectivity index (χ2n) is 5.94. The number of amides is 1. The minimum Gasteiger partial charge on any atom is -0.465 e. The van der Waals surface area contributed by atoms with Gasteiger partial charge in [0.05, 0.1) is 27.7 Å². The summed E-state index contributed by atoms with van der Waals surface area (Å²) in [6.45, 7) is 3.67. The third-order valence-electron chi connectivity index (χ3n) is 4.18. The fourth-order valence-electron chi connectivity index (χ4n) is 2.91. The van der Waals surface area contributed by atoms with Crippen LogP contribution in [0.25, 0.3) is 16.6 Å². The van der Waals surface area contributed by atoms with Gasteiger partial charge >= 0.3 is 6.09 Å². The highest BCUT2D eigenvalue weighted by Gasteiger charge is 2.20. The summed E-state index contributed by atoms with van der Waals surface area (Å²) in [4.78, 5) is 28.8. The summed E-state index contributed by atoms with van der Waals surface area (Å²) < 4.78 is 1.42. The molecule has 2 N–H and O–H groups in total. The molecule has 0 bridgehead atoms. The van der Waals surface area contributed by atoms with E-state index in [1.165, 1.54) is 4.57 Å². The maximum Gasteiger partial charge on any atom is 0.405 e. The Balaban J connectivity index is 2.36. The molecule has 0 fully saturated rings. The minimum absolute atomic E-state index is 0.306. The standard InChI is InChI=1S/C19H18ClN3O3/c1-3-12-6-4-7-13(10-12)23-17(11(2)21-19(25)26)22-15-9-5-8-14(20)16(15)18(23)24/h4-11,21H,3H2,1-2H3,(H,25,26). The zero-order valence-corrected chi connectivity index (χ0v) is 15.1. The molecule has 2 aromatic carbocycles. The van der Waals surface area contributed by atoms with Gasteiger partial charge in [0, 0.05) is 0 Å². The van der Waals surface area contributed by atoms with Gasteiger partial charge in [0.25, 0.3) is 5.56 Å². The number of aryl methyl sites for hydroxylation is 1. The number of aromatic nitrogens is 2. The van der Waals surface area contributed by atoms with Gasteiger partial charge in [0.2, 0.25) is 0 Å². The highest BCUT2D eigenvalue weighted by Crippen LogP contribution is 2.23. The van der Waals surface area contributed by atoms with E-state index in [4.69, 9.17) is 16.7 Å². The number of rotatable bonds is 4. The molecule has 0 aliphatic carbocycles. The summed E-state index contributed by atoms with van der Waals surface area (Å²) in [5.41, 5.74) is 1.78.